The molecule has 1 atom stereocenters. The molecule has 1 unspecified atom stereocenters. The highest BCUT2D eigenvalue weighted by Crippen LogP contribution is 2.36. The van der Waals surface area contributed by atoms with Crippen LogP contribution < -0.4 is 4.72 Å². The molecule has 172 valence electrons. The van der Waals surface area contributed by atoms with Gasteiger partial charge in [0.2, 0.25) is 10.0 Å². The molecule has 0 bridgehead atoms. The van der Waals surface area contributed by atoms with Gasteiger partial charge in [-0.3, -0.25) is 4.98 Å². The molecule has 2 heterocycles. The topological polar surface area (TPSA) is 64.0 Å². The Morgan fingerprint density at radius 3 is 2.50 bits per heavy atom. The molecule has 1 N–H and O–H groups in total. The van der Waals surface area contributed by atoms with Gasteiger partial charge in [-0.15, -0.1) is 0 Å². The van der Waals surface area contributed by atoms with Crippen molar-refractivity contribution >= 4 is 20.9 Å². The van der Waals surface area contributed by atoms with Crippen molar-refractivity contribution in [3.63, 3.8) is 0 Å². The minimum absolute atomic E-state index is 0.0646. The zero-order chi connectivity index (χ0) is 23.4. The van der Waals surface area contributed by atoms with E-state index in [1.165, 1.54) is 12.1 Å². The normalized spacial score (nSPS) is 16.0. The number of benzene rings is 1. The zero-order valence-electron chi connectivity index (χ0n) is 19.0. The molecule has 3 aromatic rings. The highest BCUT2D eigenvalue weighted by atomic mass is 32.2. The number of fused-ring (bicyclic) bond motifs is 1. The van der Waals surface area contributed by atoms with Crippen LogP contribution in [0.15, 0.2) is 30.6 Å². The molecule has 1 aliphatic rings. The number of aryl methyl sites for hydroxylation is 1. The van der Waals surface area contributed by atoms with Crippen LogP contribution in [0.3, 0.4) is 0 Å². The predicted octanol–water partition coefficient (Wildman–Crippen LogP) is 5.48. The molecule has 1 saturated carbocycles. The van der Waals surface area contributed by atoms with Gasteiger partial charge < -0.3 is 4.57 Å². The van der Waals surface area contributed by atoms with Crippen LogP contribution in [0.2, 0.25) is 0 Å². The quantitative estimate of drug-likeness (QED) is 0.529. The number of nitrogens with zero attached hydrogens (tertiary/aromatic N) is 2. The lowest BCUT2D eigenvalue weighted by atomic mass is 9.96. The maximum absolute atomic E-state index is 15.3. The number of aromatic nitrogens is 2. The third kappa shape index (κ3) is 4.57. The van der Waals surface area contributed by atoms with Crippen LogP contribution in [-0.2, 0) is 16.6 Å². The summed E-state index contributed by atoms with van der Waals surface area (Å²) in [6, 6.07) is 3.92. The Hall–Kier alpha value is -2.32. The fourth-order valence-electron chi connectivity index (χ4n) is 4.10. The Bertz CT molecular complexity index is 1290. The van der Waals surface area contributed by atoms with E-state index >= 15 is 4.39 Å². The molecule has 1 aliphatic carbocycles. The Morgan fingerprint density at radius 2 is 1.88 bits per heavy atom. The van der Waals surface area contributed by atoms with Crippen molar-refractivity contribution in [2.24, 2.45) is 5.41 Å². The van der Waals surface area contributed by atoms with Gasteiger partial charge in [-0.05, 0) is 55.9 Å². The predicted molar refractivity (Wildman–Crippen MR) is 123 cm³/mol. The van der Waals surface area contributed by atoms with E-state index in [0.29, 0.717) is 41.6 Å². The minimum atomic E-state index is -3.40. The van der Waals surface area contributed by atoms with Gasteiger partial charge in [-0.2, -0.15) is 0 Å². The van der Waals surface area contributed by atoms with Crippen molar-refractivity contribution in [3.05, 3.63) is 53.5 Å². The molecule has 1 fully saturated rings. The average molecular weight is 462 g/mol. The van der Waals surface area contributed by atoms with Crippen LogP contribution in [0.4, 0.5) is 8.78 Å². The molecular weight excluding hydrogens is 432 g/mol. The highest BCUT2D eigenvalue weighted by molar-refractivity contribution is 7.90. The second-order valence-electron chi connectivity index (χ2n) is 9.99. The second-order valence-corrected chi connectivity index (χ2v) is 12.0. The van der Waals surface area contributed by atoms with Crippen molar-refractivity contribution in [2.45, 2.75) is 65.3 Å². The number of sulfonamides is 1. The standard InChI is InChI=1S/C24H29F2N3O2S/c1-14-18(8-16(25)11-27-14)19-10-23-20(9-22(19)26)21(12-29(23)13-24(3,4)5)15(2)28-32(30,31)17-6-7-17/h8-12,15,17,28H,6-7,13H2,1-5H3. The maximum Gasteiger partial charge on any atom is 0.215 e. The molecule has 2 aromatic heterocycles. The Morgan fingerprint density at radius 1 is 1.19 bits per heavy atom. The van der Waals surface area contributed by atoms with E-state index in [1.54, 1.807) is 19.9 Å². The third-order valence-corrected chi connectivity index (χ3v) is 7.79. The van der Waals surface area contributed by atoms with Gasteiger partial charge in [0, 0.05) is 46.5 Å². The van der Waals surface area contributed by atoms with Crippen molar-refractivity contribution in [1.82, 2.24) is 14.3 Å². The van der Waals surface area contributed by atoms with Crippen molar-refractivity contribution in [1.29, 1.82) is 0 Å². The number of rotatable bonds is 6. The summed E-state index contributed by atoms with van der Waals surface area (Å²) in [5, 5.41) is 0.308. The lowest BCUT2D eigenvalue weighted by molar-refractivity contribution is 0.349. The second kappa shape index (κ2) is 7.92. The molecule has 5 nitrogen and oxygen atoms in total. The van der Waals surface area contributed by atoms with E-state index in [9.17, 15) is 12.8 Å². The van der Waals surface area contributed by atoms with Crippen LogP contribution in [0.1, 0.15) is 57.8 Å². The van der Waals surface area contributed by atoms with Crippen molar-refractivity contribution in [2.75, 3.05) is 0 Å². The largest absolute Gasteiger partial charge is 0.347 e. The van der Waals surface area contributed by atoms with Crippen molar-refractivity contribution in [3.8, 4) is 11.1 Å². The van der Waals surface area contributed by atoms with Crippen molar-refractivity contribution < 1.29 is 17.2 Å². The first kappa shape index (κ1) is 22.9. The van der Waals surface area contributed by atoms with E-state index in [-0.39, 0.29) is 16.2 Å². The van der Waals surface area contributed by atoms with Crippen LogP contribution >= 0.6 is 0 Å². The van der Waals surface area contributed by atoms with Gasteiger partial charge in [0.15, 0.2) is 0 Å². The number of pyridine rings is 1. The van der Waals surface area contributed by atoms with Gasteiger partial charge in [-0.1, -0.05) is 20.8 Å². The molecule has 0 saturated heterocycles. The summed E-state index contributed by atoms with van der Waals surface area (Å²) in [6.45, 7) is 10.4. The van der Waals surface area contributed by atoms with Crippen LogP contribution in [0, 0.1) is 24.0 Å². The van der Waals surface area contributed by atoms with E-state index in [1.807, 2.05) is 10.8 Å². The summed E-state index contributed by atoms with van der Waals surface area (Å²) in [7, 11) is -3.40. The minimum Gasteiger partial charge on any atom is -0.347 e. The van der Waals surface area contributed by atoms with Gasteiger partial charge in [0.1, 0.15) is 11.6 Å². The molecule has 0 aliphatic heterocycles. The van der Waals surface area contributed by atoms with Crippen LogP contribution in [0.5, 0.6) is 0 Å². The van der Waals surface area contributed by atoms with Crippen LogP contribution in [-0.4, -0.2) is 23.2 Å². The molecule has 8 heteroatoms. The molecule has 0 spiro atoms. The SMILES string of the molecule is Cc1ncc(F)cc1-c1cc2c(cc1F)c(C(C)NS(=O)(=O)C1CC1)cn2CC(C)(C)C. The summed E-state index contributed by atoms with van der Waals surface area (Å²) in [5.41, 5.74) is 2.62. The number of nitrogens with one attached hydrogen (secondary N) is 1. The maximum atomic E-state index is 15.3. The van der Waals surface area contributed by atoms with Gasteiger partial charge in [-0.25, -0.2) is 21.9 Å². The summed E-state index contributed by atoms with van der Waals surface area (Å²) in [5.74, 6) is -1.03. The smallest absolute Gasteiger partial charge is 0.215 e. The summed E-state index contributed by atoms with van der Waals surface area (Å²) in [6.07, 6.45) is 4.36. The number of halogens is 2. The van der Waals surface area contributed by atoms with Crippen LogP contribution in [0.25, 0.3) is 22.0 Å². The monoisotopic (exact) mass is 461 g/mol. The average Bonchev–Trinajstić information content (AvgIpc) is 3.47. The first-order valence-corrected chi connectivity index (χ1v) is 12.4. The van der Waals surface area contributed by atoms with Gasteiger partial charge in [0.25, 0.3) is 0 Å². The number of hydrogen-bond acceptors (Lipinski definition) is 3. The number of hydrogen-bond donors (Lipinski definition) is 1. The summed E-state index contributed by atoms with van der Waals surface area (Å²) in [4.78, 5) is 4.03. The molecule has 32 heavy (non-hydrogen) atoms. The molecule has 0 amide bonds. The van der Waals surface area contributed by atoms with E-state index in [4.69, 9.17) is 0 Å². The van der Waals surface area contributed by atoms with Gasteiger partial charge in [0.05, 0.1) is 11.4 Å². The van der Waals surface area contributed by atoms with E-state index in [2.05, 4.69) is 30.5 Å². The van der Waals surface area contributed by atoms with E-state index < -0.39 is 27.7 Å². The molecule has 1 aromatic carbocycles. The first-order chi connectivity index (χ1) is 14.9. The fourth-order valence-corrected chi connectivity index (χ4v) is 5.66. The summed E-state index contributed by atoms with van der Waals surface area (Å²) < 4.78 is 58.9. The van der Waals surface area contributed by atoms with Gasteiger partial charge >= 0.3 is 0 Å². The molecule has 0 radical (unpaired) electrons. The first-order valence-electron chi connectivity index (χ1n) is 10.8. The Labute approximate surface area is 187 Å². The Kier molecular flexibility index (Phi) is 5.66. The lowest BCUT2D eigenvalue weighted by Crippen LogP contribution is -2.29. The molecular formula is C24H29F2N3O2S. The Balaban J connectivity index is 1.87. The fraction of sp³-hybridized carbons (Fsp3) is 0.458. The lowest BCUT2D eigenvalue weighted by Gasteiger charge is -2.20. The highest BCUT2D eigenvalue weighted by Gasteiger charge is 2.37. The molecule has 4 rings (SSSR count). The zero-order valence-corrected chi connectivity index (χ0v) is 19.9. The van der Waals surface area contributed by atoms with E-state index in [0.717, 1.165) is 11.7 Å². The summed E-state index contributed by atoms with van der Waals surface area (Å²) >= 11 is 0. The third-order valence-electron chi connectivity index (χ3n) is 5.76.